The van der Waals surface area contributed by atoms with Crippen molar-refractivity contribution in [3.8, 4) is 0 Å². The van der Waals surface area contributed by atoms with E-state index in [4.69, 9.17) is 4.74 Å². The van der Waals surface area contributed by atoms with Gasteiger partial charge in [-0.25, -0.2) is 13.2 Å². The van der Waals surface area contributed by atoms with E-state index in [0.29, 0.717) is 29.1 Å². The maximum absolute atomic E-state index is 12.5. The predicted octanol–water partition coefficient (Wildman–Crippen LogP) is 3.85. The fourth-order valence-corrected chi connectivity index (χ4v) is 3.49. The number of rotatable bonds is 10. The molecule has 0 radical (unpaired) electrons. The zero-order valence-corrected chi connectivity index (χ0v) is 17.9. The molecule has 0 spiro atoms. The maximum atomic E-state index is 12.5. The third-order valence-corrected chi connectivity index (χ3v) is 5.38. The summed E-state index contributed by atoms with van der Waals surface area (Å²) in [7, 11) is -3.46. The van der Waals surface area contributed by atoms with E-state index in [1.807, 2.05) is 6.92 Å². The quantitative estimate of drug-likeness (QED) is 0.351. The molecule has 2 rings (SSSR count). The van der Waals surface area contributed by atoms with Crippen molar-refractivity contribution in [1.82, 2.24) is 0 Å². The number of esters is 1. The number of sulfonamides is 1. The minimum atomic E-state index is -3.46. The van der Waals surface area contributed by atoms with Crippen LogP contribution < -0.4 is 9.62 Å². The number of carbonyl (C=O) groups excluding carboxylic acids is 2. The van der Waals surface area contributed by atoms with Crippen molar-refractivity contribution >= 4 is 33.3 Å². The molecule has 0 aliphatic rings. The Labute approximate surface area is 177 Å². The number of nitrogens with one attached hydrogen (secondary N) is 1. The summed E-state index contributed by atoms with van der Waals surface area (Å²) < 4.78 is 30.1. The van der Waals surface area contributed by atoms with Gasteiger partial charge in [0.05, 0.1) is 30.7 Å². The number of anilines is 2. The fraction of sp³-hybridized carbons (Fsp3) is 0.273. The molecule has 160 valence electrons. The summed E-state index contributed by atoms with van der Waals surface area (Å²) in [4.78, 5) is 24.4. The number of unbranched alkanes of at least 4 members (excludes halogenated alkanes) is 1. The second-order valence-electron chi connectivity index (χ2n) is 6.65. The van der Waals surface area contributed by atoms with Gasteiger partial charge in [-0.15, -0.1) is 6.58 Å². The van der Waals surface area contributed by atoms with Gasteiger partial charge < -0.3 is 10.1 Å². The van der Waals surface area contributed by atoms with Gasteiger partial charge in [-0.05, 0) is 55.0 Å². The first-order valence-corrected chi connectivity index (χ1v) is 11.4. The van der Waals surface area contributed by atoms with Crippen molar-refractivity contribution in [2.24, 2.45) is 0 Å². The van der Waals surface area contributed by atoms with Gasteiger partial charge in [0.25, 0.3) is 5.91 Å². The van der Waals surface area contributed by atoms with Crippen LogP contribution in [-0.4, -0.2) is 39.7 Å². The number of hydrogen-bond acceptors (Lipinski definition) is 5. The van der Waals surface area contributed by atoms with E-state index in [2.05, 4.69) is 11.9 Å². The van der Waals surface area contributed by atoms with Crippen LogP contribution >= 0.6 is 0 Å². The first-order valence-electron chi connectivity index (χ1n) is 9.53. The van der Waals surface area contributed by atoms with E-state index >= 15 is 0 Å². The Balaban J connectivity index is 2.04. The molecule has 2 aromatic carbocycles. The maximum Gasteiger partial charge on any atom is 0.338 e. The zero-order chi connectivity index (χ0) is 22.1. The SMILES string of the molecule is C=CCN(c1ccc(C(=O)Nc2ccc(C(=O)OCCCC)cc2)cc1)S(C)(=O)=O. The van der Waals surface area contributed by atoms with Crippen LogP contribution in [0, 0.1) is 0 Å². The first kappa shape index (κ1) is 23.2. The van der Waals surface area contributed by atoms with Crippen LogP contribution in [0.4, 0.5) is 11.4 Å². The summed E-state index contributed by atoms with van der Waals surface area (Å²) >= 11 is 0. The van der Waals surface area contributed by atoms with Crippen molar-refractivity contribution in [3.63, 3.8) is 0 Å². The number of carbonyl (C=O) groups is 2. The summed E-state index contributed by atoms with van der Waals surface area (Å²) in [6, 6.07) is 12.6. The topological polar surface area (TPSA) is 92.8 Å². The number of nitrogens with zero attached hydrogens (tertiary/aromatic N) is 1. The molecule has 0 fully saturated rings. The summed E-state index contributed by atoms with van der Waals surface area (Å²) in [6.07, 6.45) is 4.36. The summed E-state index contributed by atoms with van der Waals surface area (Å²) in [5.74, 6) is -0.749. The van der Waals surface area contributed by atoms with Gasteiger partial charge in [0, 0.05) is 11.3 Å². The molecule has 2 aromatic rings. The average molecular weight is 431 g/mol. The molecule has 0 aliphatic heterocycles. The van der Waals surface area contributed by atoms with Gasteiger partial charge in [-0.3, -0.25) is 9.10 Å². The van der Waals surface area contributed by atoms with Crippen molar-refractivity contribution in [1.29, 1.82) is 0 Å². The third-order valence-electron chi connectivity index (χ3n) is 4.22. The van der Waals surface area contributed by atoms with Crippen molar-refractivity contribution in [3.05, 3.63) is 72.3 Å². The van der Waals surface area contributed by atoms with Gasteiger partial charge in [0.2, 0.25) is 10.0 Å². The molecule has 30 heavy (non-hydrogen) atoms. The Morgan fingerprint density at radius 3 is 2.20 bits per heavy atom. The Kier molecular flexibility index (Phi) is 8.17. The molecule has 0 aliphatic carbocycles. The molecule has 7 nitrogen and oxygen atoms in total. The van der Waals surface area contributed by atoms with Crippen molar-refractivity contribution in [2.45, 2.75) is 19.8 Å². The van der Waals surface area contributed by atoms with Crippen LogP contribution in [0.15, 0.2) is 61.2 Å². The second kappa shape index (κ2) is 10.6. The smallest absolute Gasteiger partial charge is 0.338 e. The van der Waals surface area contributed by atoms with E-state index in [0.717, 1.165) is 19.1 Å². The van der Waals surface area contributed by atoms with Gasteiger partial charge in [0.1, 0.15) is 0 Å². The van der Waals surface area contributed by atoms with Crippen LogP contribution in [0.2, 0.25) is 0 Å². The van der Waals surface area contributed by atoms with Crippen LogP contribution in [0.3, 0.4) is 0 Å². The van der Waals surface area contributed by atoms with Gasteiger partial charge in [0.15, 0.2) is 0 Å². The summed E-state index contributed by atoms with van der Waals surface area (Å²) in [5.41, 5.74) is 1.75. The third kappa shape index (κ3) is 6.45. The highest BCUT2D eigenvalue weighted by molar-refractivity contribution is 7.92. The Bertz CT molecular complexity index is 983. The van der Waals surface area contributed by atoms with Crippen molar-refractivity contribution in [2.75, 3.05) is 29.0 Å². The molecule has 8 heteroatoms. The number of benzene rings is 2. The lowest BCUT2D eigenvalue weighted by Crippen LogP contribution is -2.29. The molecule has 0 atom stereocenters. The average Bonchev–Trinajstić information content (AvgIpc) is 2.72. The molecule has 0 saturated heterocycles. The molecule has 0 saturated carbocycles. The van der Waals surface area contributed by atoms with Gasteiger partial charge in [-0.1, -0.05) is 19.4 Å². The Morgan fingerprint density at radius 1 is 1.07 bits per heavy atom. The van der Waals surface area contributed by atoms with Crippen LogP contribution in [0.5, 0.6) is 0 Å². The number of amides is 1. The van der Waals surface area contributed by atoms with Crippen molar-refractivity contribution < 1.29 is 22.7 Å². The lowest BCUT2D eigenvalue weighted by molar-refractivity contribution is 0.0499. The van der Waals surface area contributed by atoms with E-state index < -0.39 is 16.0 Å². The lowest BCUT2D eigenvalue weighted by Gasteiger charge is -2.20. The second-order valence-corrected chi connectivity index (χ2v) is 8.56. The van der Waals surface area contributed by atoms with E-state index in [1.54, 1.807) is 48.5 Å². The van der Waals surface area contributed by atoms with Gasteiger partial charge >= 0.3 is 5.97 Å². The minimum Gasteiger partial charge on any atom is -0.462 e. The molecule has 1 amide bonds. The van der Waals surface area contributed by atoms with Gasteiger partial charge in [-0.2, -0.15) is 0 Å². The largest absolute Gasteiger partial charge is 0.462 e. The molecule has 0 aromatic heterocycles. The minimum absolute atomic E-state index is 0.137. The van der Waals surface area contributed by atoms with Crippen LogP contribution in [-0.2, 0) is 14.8 Å². The standard InChI is InChI=1S/C22H26N2O5S/c1-4-6-16-29-22(26)18-7-11-19(12-8-18)23-21(25)17-9-13-20(14-10-17)24(15-5-2)30(3,27)28/h5,7-14H,2,4,6,15-16H2,1,3H3,(H,23,25). The molecule has 0 heterocycles. The zero-order valence-electron chi connectivity index (χ0n) is 17.1. The number of hydrogen-bond donors (Lipinski definition) is 1. The van der Waals surface area contributed by atoms with Crippen LogP contribution in [0.1, 0.15) is 40.5 Å². The molecular formula is C22H26N2O5S. The van der Waals surface area contributed by atoms with Crippen LogP contribution in [0.25, 0.3) is 0 Å². The summed E-state index contributed by atoms with van der Waals surface area (Å²) in [6.45, 7) is 6.10. The highest BCUT2D eigenvalue weighted by Crippen LogP contribution is 2.19. The lowest BCUT2D eigenvalue weighted by atomic mass is 10.1. The first-order chi connectivity index (χ1) is 14.3. The van der Waals surface area contributed by atoms with E-state index in [1.165, 1.54) is 10.4 Å². The normalized spacial score (nSPS) is 10.9. The highest BCUT2D eigenvalue weighted by Gasteiger charge is 2.16. The van der Waals surface area contributed by atoms with E-state index in [9.17, 15) is 18.0 Å². The highest BCUT2D eigenvalue weighted by atomic mass is 32.2. The monoisotopic (exact) mass is 430 g/mol. The Morgan fingerprint density at radius 2 is 1.67 bits per heavy atom. The molecule has 1 N–H and O–H groups in total. The predicted molar refractivity (Wildman–Crippen MR) is 118 cm³/mol. The molecule has 0 bridgehead atoms. The molecule has 0 unspecified atom stereocenters. The molecular weight excluding hydrogens is 404 g/mol. The Hall–Kier alpha value is -3.13. The van der Waals surface area contributed by atoms with E-state index in [-0.39, 0.29) is 12.5 Å². The fourth-order valence-electron chi connectivity index (χ4n) is 2.61. The summed E-state index contributed by atoms with van der Waals surface area (Å²) in [5, 5.41) is 2.74. The number of ether oxygens (including phenoxy) is 1.